The van der Waals surface area contributed by atoms with Gasteiger partial charge in [-0.15, -0.1) is 0 Å². The largest absolute Gasteiger partial charge is 0.482 e. The molecule has 0 radical (unpaired) electrons. The summed E-state index contributed by atoms with van der Waals surface area (Å²) in [6, 6.07) is 18.3. The van der Waals surface area contributed by atoms with Crippen molar-refractivity contribution in [2.45, 2.75) is 38.4 Å². The topological polar surface area (TPSA) is 101 Å². The molecule has 1 N–H and O–H groups in total. The molecule has 0 bridgehead atoms. The van der Waals surface area contributed by atoms with Crippen LogP contribution in [0.5, 0.6) is 17.4 Å². The monoisotopic (exact) mass is 551 g/mol. The molecule has 3 heterocycles. The molecule has 1 amide bonds. The second-order valence-electron chi connectivity index (χ2n) is 9.71. The first-order valence-corrected chi connectivity index (χ1v) is 13.3. The average molecular weight is 552 g/mol. The van der Waals surface area contributed by atoms with Gasteiger partial charge in [-0.25, -0.2) is 14.6 Å². The normalized spacial score (nSPS) is 18.2. The number of hydrogen-bond donors (Lipinski definition) is 1. The Bertz CT molecular complexity index is 1330. The van der Waals surface area contributed by atoms with E-state index in [1.807, 2.05) is 48.2 Å². The van der Waals surface area contributed by atoms with Crippen LogP contribution in [0.2, 0.25) is 5.02 Å². The van der Waals surface area contributed by atoms with Crippen molar-refractivity contribution in [3.05, 3.63) is 82.5 Å². The van der Waals surface area contributed by atoms with Gasteiger partial charge in [-0.05, 0) is 67.3 Å². The minimum atomic E-state index is -1.03. The van der Waals surface area contributed by atoms with E-state index in [-0.39, 0.29) is 18.2 Å². The molecule has 2 fully saturated rings. The molecule has 0 aliphatic carbocycles. The van der Waals surface area contributed by atoms with Crippen molar-refractivity contribution in [1.82, 2.24) is 14.8 Å². The molecule has 0 spiro atoms. The highest BCUT2D eigenvalue weighted by molar-refractivity contribution is 6.30. The van der Waals surface area contributed by atoms with Crippen LogP contribution in [0.25, 0.3) is 0 Å². The number of amides is 1. The van der Waals surface area contributed by atoms with Gasteiger partial charge < -0.3 is 19.3 Å². The molecule has 0 unspecified atom stereocenters. The first-order chi connectivity index (χ1) is 18.9. The predicted octanol–water partition coefficient (Wildman–Crippen LogP) is 5.46. The van der Waals surface area contributed by atoms with E-state index in [1.54, 1.807) is 24.3 Å². The SMILES string of the molecule is Cc1nc(Oc2ccc(OCC(=O)O)cc2)ccc1CN1CCC(N2C(=O)OC[C@H]2c2cccc(Cl)c2)CC1. The first kappa shape index (κ1) is 26.8. The number of carbonyl (C=O) groups is 2. The van der Waals surface area contributed by atoms with Crippen LogP contribution in [0.15, 0.2) is 60.7 Å². The van der Waals surface area contributed by atoms with Gasteiger partial charge in [-0.1, -0.05) is 29.8 Å². The summed E-state index contributed by atoms with van der Waals surface area (Å²) in [5.74, 6) is 0.484. The van der Waals surface area contributed by atoms with Crippen molar-refractivity contribution in [2.24, 2.45) is 0 Å². The Morgan fingerprint density at radius 3 is 2.54 bits per heavy atom. The number of cyclic esters (lactones) is 1. The van der Waals surface area contributed by atoms with Gasteiger partial charge in [0.25, 0.3) is 0 Å². The Morgan fingerprint density at radius 1 is 1.10 bits per heavy atom. The van der Waals surface area contributed by atoms with Crippen LogP contribution in [0.1, 0.15) is 35.7 Å². The number of carbonyl (C=O) groups excluding carboxylic acids is 1. The summed E-state index contributed by atoms with van der Waals surface area (Å²) in [4.78, 5) is 32.1. The predicted molar refractivity (Wildman–Crippen MR) is 144 cm³/mol. The van der Waals surface area contributed by atoms with Gasteiger partial charge >= 0.3 is 12.1 Å². The van der Waals surface area contributed by atoms with Crippen molar-refractivity contribution in [1.29, 1.82) is 0 Å². The van der Waals surface area contributed by atoms with Crippen LogP contribution < -0.4 is 9.47 Å². The highest BCUT2D eigenvalue weighted by atomic mass is 35.5. The highest BCUT2D eigenvalue weighted by Crippen LogP contribution is 2.34. The molecule has 10 heteroatoms. The molecule has 0 saturated carbocycles. The molecule has 2 aliphatic heterocycles. The van der Waals surface area contributed by atoms with Gasteiger partial charge in [0.1, 0.15) is 18.1 Å². The molecular formula is C29H30ClN3O6. The quantitative estimate of drug-likeness (QED) is 0.374. The van der Waals surface area contributed by atoms with E-state index >= 15 is 0 Å². The fraction of sp³-hybridized carbons (Fsp3) is 0.345. The Morgan fingerprint density at radius 2 is 1.85 bits per heavy atom. The third-order valence-corrected chi connectivity index (χ3v) is 7.30. The molecule has 2 aromatic carbocycles. The smallest absolute Gasteiger partial charge is 0.410 e. The molecule has 39 heavy (non-hydrogen) atoms. The highest BCUT2D eigenvalue weighted by Gasteiger charge is 2.40. The molecule has 1 atom stereocenters. The maximum Gasteiger partial charge on any atom is 0.410 e. The van der Waals surface area contributed by atoms with Crippen molar-refractivity contribution in [3.63, 3.8) is 0 Å². The summed E-state index contributed by atoms with van der Waals surface area (Å²) in [5, 5.41) is 9.37. The standard InChI is InChI=1S/C29H30ClN3O6/c1-19-21(5-10-27(31-19)39-25-8-6-24(7-9-25)37-18-28(34)35)16-32-13-11-23(12-14-32)33-26(17-38-29(33)36)20-3-2-4-22(30)15-20/h2-10,15,23,26H,11-14,16-18H2,1H3,(H,34,35)/t26-/m0/s1. The van der Waals surface area contributed by atoms with Crippen molar-refractivity contribution >= 4 is 23.7 Å². The van der Waals surface area contributed by atoms with Gasteiger partial charge in [0.2, 0.25) is 5.88 Å². The Kier molecular flexibility index (Phi) is 8.18. The second-order valence-corrected chi connectivity index (χ2v) is 10.1. The Hall–Kier alpha value is -3.82. The minimum Gasteiger partial charge on any atom is -0.482 e. The van der Waals surface area contributed by atoms with Crippen LogP contribution >= 0.6 is 11.6 Å². The number of aromatic nitrogens is 1. The lowest BCUT2D eigenvalue weighted by Gasteiger charge is -2.38. The van der Waals surface area contributed by atoms with Crippen LogP contribution in [-0.4, -0.2) is 64.3 Å². The van der Waals surface area contributed by atoms with Crippen LogP contribution in [0.4, 0.5) is 4.79 Å². The van der Waals surface area contributed by atoms with Crippen molar-refractivity contribution < 1.29 is 28.9 Å². The van der Waals surface area contributed by atoms with Gasteiger partial charge in [0.15, 0.2) is 6.61 Å². The number of pyridine rings is 1. The summed E-state index contributed by atoms with van der Waals surface area (Å²) in [5.41, 5.74) is 3.01. The summed E-state index contributed by atoms with van der Waals surface area (Å²) in [6.07, 6.45) is 1.48. The molecule has 2 saturated heterocycles. The van der Waals surface area contributed by atoms with Crippen molar-refractivity contribution in [2.75, 3.05) is 26.3 Å². The lowest BCUT2D eigenvalue weighted by atomic mass is 9.98. The number of likely N-dealkylation sites (tertiary alicyclic amines) is 1. The molecule has 9 nitrogen and oxygen atoms in total. The van der Waals surface area contributed by atoms with E-state index in [2.05, 4.69) is 9.88 Å². The molecule has 3 aromatic rings. The average Bonchev–Trinajstić information content (AvgIpc) is 3.31. The minimum absolute atomic E-state index is 0.111. The van der Waals surface area contributed by atoms with Crippen molar-refractivity contribution in [3.8, 4) is 17.4 Å². The third-order valence-electron chi connectivity index (χ3n) is 7.07. The van der Waals surface area contributed by atoms with Crippen LogP contribution in [0.3, 0.4) is 0 Å². The lowest BCUT2D eigenvalue weighted by Crippen LogP contribution is -2.46. The lowest BCUT2D eigenvalue weighted by molar-refractivity contribution is -0.139. The van der Waals surface area contributed by atoms with Gasteiger partial charge in [-0.3, -0.25) is 9.80 Å². The number of aryl methyl sites for hydroxylation is 1. The maximum atomic E-state index is 12.6. The zero-order chi connectivity index (χ0) is 27.4. The Labute approximate surface area is 231 Å². The zero-order valence-electron chi connectivity index (χ0n) is 21.6. The number of benzene rings is 2. The number of halogens is 1. The fourth-order valence-corrected chi connectivity index (χ4v) is 5.26. The van der Waals surface area contributed by atoms with Crippen LogP contribution in [-0.2, 0) is 16.1 Å². The third kappa shape index (κ3) is 6.61. The maximum absolute atomic E-state index is 12.6. The number of aliphatic carboxylic acids is 1. The zero-order valence-corrected chi connectivity index (χ0v) is 22.3. The van der Waals surface area contributed by atoms with E-state index in [4.69, 9.17) is 30.9 Å². The van der Waals surface area contributed by atoms with Crippen LogP contribution in [0, 0.1) is 6.92 Å². The number of carboxylic acids is 1. The summed E-state index contributed by atoms with van der Waals surface area (Å²) in [6.45, 7) is 4.42. The van der Waals surface area contributed by atoms with E-state index in [1.165, 1.54) is 0 Å². The fourth-order valence-electron chi connectivity index (χ4n) is 5.06. The number of hydrogen-bond acceptors (Lipinski definition) is 7. The Balaban J connectivity index is 1.15. The molecule has 1 aromatic heterocycles. The number of ether oxygens (including phenoxy) is 3. The van der Waals surface area contributed by atoms with Gasteiger partial charge in [-0.2, -0.15) is 0 Å². The summed E-state index contributed by atoms with van der Waals surface area (Å²) >= 11 is 6.19. The molecule has 2 aliphatic rings. The van der Waals surface area contributed by atoms with E-state index in [9.17, 15) is 9.59 Å². The van der Waals surface area contributed by atoms with E-state index < -0.39 is 12.6 Å². The van der Waals surface area contributed by atoms with Gasteiger partial charge in [0, 0.05) is 42.5 Å². The van der Waals surface area contributed by atoms with E-state index in [0.717, 1.165) is 49.3 Å². The molecule has 204 valence electrons. The molecule has 5 rings (SSSR count). The number of rotatable bonds is 9. The number of nitrogens with zero attached hydrogens (tertiary/aromatic N) is 3. The summed E-state index contributed by atoms with van der Waals surface area (Å²) in [7, 11) is 0. The molecular weight excluding hydrogens is 522 g/mol. The number of piperidine rings is 1. The number of carboxylic acid groups (broad SMARTS) is 1. The first-order valence-electron chi connectivity index (χ1n) is 12.9. The van der Waals surface area contributed by atoms with Gasteiger partial charge in [0.05, 0.1) is 6.04 Å². The second kappa shape index (κ2) is 11.9. The summed E-state index contributed by atoms with van der Waals surface area (Å²) < 4.78 is 16.4. The van der Waals surface area contributed by atoms with E-state index in [0.29, 0.717) is 29.0 Å².